The summed E-state index contributed by atoms with van der Waals surface area (Å²) in [7, 11) is -2.60. The fourth-order valence-corrected chi connectivity index (χ4v) is 5.01. The quantitative estimate of drug-likeness (QED) is 0.390. The number of aryl methyl sites for hydroxylation is 2. The molecule has 0 spiro atoms. The second-order valence-electron chi connectivity index (χ2n) is 7.47. The van der Waals surface area contributed by atoms with Crippen molar-refractivity contribution in [1.82, 2.24) is 9.97 Å². The van der Waals surface area contributed by atoms with Gasteiger partial charge in [-0.15, -0.1) is 0 Å². The molecule has 0 atom stereocenters. The number of rotatable bonds is 6. The lowest BCUT2D eigenvalue weighted by Crippen LogP contribution is -2.15. The molecular formula is C24H21F2N3O3S. The third-order valence-corrected chi connectivity index (χ3v) is 6.87. The van der Waals surface area contributed by atoms with Gasteiger partial charge in [-0.3, -0.25) is 4.72 Å². The standard InChI is InChI=1S/C24H21F2N3O3S/c1-4-15-9-16(10-17-13-27-24(26)28-23(15)17)18-11-19(25)20(12-21(18)32-3)29-33(30,31)22-8-6-5-7-14(22)2/h5-13,29H,4H2,1-3H3. The maximum atomic E-state index is 15.1. The van der Waals surface area contributed by atoms with Crippen molar-refractivity contribution < 1.29 is 21.9 Å². The molecule has 0 aliphatic carbocycles. The van der Waals surface area contributed by atoms with Crippen LogP contribution in [-0.2, 0) is 16.4 Å². The molecule has 1 heterocycles. The number of halogens is 2. The summed E-state index contributed by atoms with van der Waals surface area (Å²) in [4.78, 5) is 7.54. The molecule has 170 valence electrons. The van der Waals surface area contributed by atoms with E-state index in [1.165, 1.54) is 31.5 Å². The number of ether oxygens (including phenoxy) is 1. The Morgan fingerprint density at radius 3 is 2.55 bits per heavy atom. The zero-order valence-electron chi connectivity index (χ0n) is 18.2. The molecule has 1 N–H and O–H groups in total. The van der Waals surface area contributed by atoms with Gasteiger partial charge in [-0.25, -0.2) is 22.8 Å². The van der Waals surface area contributed by atoms with Crippen LogP contribution in [0.15, 0.2) is 59.6 Å². The summed E-state index contributed by atoms with van der Waals surface area (Å²) in [6.45, 7) is 3.56. The molecule has 0 bridgehead atoms. The Morgan fingerprint density at radius 1 is 1.09 bits per heavy atom. The SMILES string of the molecule is CCc1cc(-c2cc(F)c(NS(=O)(=O)c3ccccc3C)cc2OC)cc2cnc(F)nc12. The Bertz CT molecular complexity index is 1470. The fraction of sp³-hybridized carbons (Fsp3) is 0.167. The minimum absolute atomic E-state index is 0.0572. The number of methoxy groups -OCH3 is 1. The summed E-state index contributed by atoms with van der Waals surface area (Å²) in [5, 5.41) is 0.595. The molecule has 0 amide bonds. The molecule has 0 aliphatic rings. The average Bonchev–Trinajstić information content (AvgIpc) is 2.79. The lowest BCUT2D eigenvalue weighted by molar-refractivity contribution is 0.416. The van der Waals surface area contributed by atoms with E-state index >= 15 is 4.39 Å². The molecular weight excluding hydrogens is 448 g/mol. The second kappa shape index (κ2) is 8.74. The summed E-state index contributed by atoms with van der Waals surface area (Å²) in [6, 6.07) is 12.4. The maximum absolute atomic E-state index is 15.1. The first-order valence-corrected chi connectivity index (χ1v) is 11.6. The van der Waals surface area contributed by atoms with Crippen LogP contribution in [0.2, 0.25) is 0 Å². The predicted molar refractivity (Wildman–Crippen MR) is 123 cm³/mol. The molecule has 1 aromatic heterocycles. The minimum atomic E-state index is -4.01. The van der Waals surface area contributed by atoms with Gasteiger partial charge < -0.3 is 4.74 Å². The molecule has 0 saturated heterocycles. The molecule has 33 heavy (non-hydrogen) atoms. The van der Waals surface area contributed by atoms with Gasteiger partial charge in [0.1, 0.15) is 11.6 Å². The lowest BCUT2D eigenvalue weighted by atomic mass is 9.98. The van der Waals surface area contributed by atoms with Crippen LogP contribution in [-0.4, -0.2) is 25.5 Å². The van der Waals surface area contributed by atoms with Crippen LogP contribution in [0.3, 0.4) is 0 Å². The number of anilines is 1. The number of nitrogens with one attached hydrogen (secondary N) is 1. The van der Waals surface area contributed by atoms with Gasteiger partial charge >= 0.3 is 6.08 Å². The van der Waals surface area contributed by atoms with E-state index in [4.69, 9.17) is 4.74 Å². The van der Waals surface area contributed by atoms with E-state index in [1.54, 1.807) is 37.3 Å². The lowest BCUT2D eigenvalue weighted by Gasteiger charge is -2.16. The number of sulfonamides is 1. The Balaban J connectivity index is 1.81. The zero-order valence-corrected chi connectivity index (χ0v) is 19.0. The monoisotopic (exact) mass is 469 g/mol. The molecule has 0 aliphatic heterocycles. The van der Waals surface area contributed by atoms with E-state index in [-0.39, 0.29) is 16.3 Å². The molecule has 3 aromatic carbocycles. The number of aromatic nitrogens is 2. The summed E-state index contributed by atoms with van der Waals surface area (Å²) >= 11 is 0. The summed E-state index contributed by atoms with van der Waals surface area (Å²) in [5.74, 6) is -0.500. The molecule has 0 saturated carbocycles. The van der Waals surface area contributed by atoms with Gasteiger partial charge in [-0.1, -0.05) is 25.1 Å². The second-order valence-corrected chi connectivity index (χ2v) is 9.12. The smallest absolute Gasteiger partial charge is 0.309 e. The van der Waals surface area contributed by atoms with Crippen LogP contribution in [0, 0.1) is 18.8 Å². The maximum Gasteiger partial charge on any atom is 0.309 e. The van der Waals surface area contributed by atoms with E-state index in [0.29, 0.717) is 34.0 Å². The van der Waals surface area contributed by atoms with Crippen molar-refractivity contribution in [3.05, 3.63) is 77.8 Å². The van der Waals surface area contributed by atoms with Crippen molar-refractivity contribution in [3.8, 4) is 16.9 Å². The average molecular weight is 470 g/mol. The van der Waals surface area contributed by atoms with E-state index in [0.717, 1.165) is 5.56 Å². The van der Waals surface area contributed by atoms with Crippen LogP contribution >= 0.6 is 0 Å². The van der Waals surface area contributed by atoms with Crippen LogP contribution in [0.4, 0.5) is 14.5 Å². The van der Waals surface area contributed by atoms with E-state index in [2.05, 4.69) is 14.7 Å². The number of hydrogen-bond donors (Lipinski definition) is 1. The fourth-order valence-electron chi connectivity index (χ4n) is 3.71. The Labute approximate surface area is 190 Å². The van der Waals surface area contributed by atoms with Crippen LogP contribution in [0.5, 0.6) is 5.75 Å². The Kier molecular flexibility index (Phi) is 5.99. The Hall–Kier alpha value is -3.59. The first-order valence-electron chi connectivity index (χ1n) is 10.1. The van der Waals surface area contributed by atoms with Gasteiger partial charge in [0.05, 0.1) is 23.2 Å². The van der Waals surface area contributed by atoms with Crippen molar-refractivity contribution in [1.29, 1.82) is 0 Å². The molecule has 4 aromatic rings. The van der Waals surface area contributed by atoms with Gasteiger partial charge in [0.2, 0.25) is 0 Å². The number of hydrogen-bond acceptors (Lipinski definition) is 5. The van der Waals surface area contributed by atoms with Crippen molar-refractivity contribution >= 4 is 26.6 Å². The van der Waals surface area contributed by atoms with Gasteiger partial charge in [-0.05, 0) is 54.3 Å². The highest BCUT2D eigenvalue weighted by Crippen LogP contribution is 2.37. The van der Waals surface area contributed by atoms with E-state index < -0.39 is 21.9 Å². The van der Waals surface area contributed by atoms with Crippen molar-refractivity contribution in [3.63, 3.8) is 0 Å². The summed E-state index contributed by atoms with van der Waals surface area (Å²) in [6.07, 6.45) is 1.12. The highest BCUT2D eigenvalue weighted by Gasteiger charge is 2.21. The minimum Gasteiger partial charge on any atom is -0.496 e. The van der Waals surface area contributed by atoms with Crippen molar-refractivity contribution in [2.24, 2.45) is 0 Å². The highest BCUT2D eigenvalue weighted by atomic mass is 32.2. The van der Waals surface area contributed by atoms with Gasteiger partial charge in [0, 0.05) is 23.2 Å². The summed E-state index contributed by atoms with van der Waals surface area (Å²) < 4.78 is 62.0. The Morgan fingerprint density at radius 2 is 1.85 bits per heavy atom. The highest BCUT2D eigenvalue weighted by molar-refractivity contribution is 7.92. The predicted octanol–water partition coefficient (Wildman–Crippen LogP) is 5.26. The number of benzene rings is 3. The third-order valence-electron chi connectivity index (χ3n) is 5.34. The van der Waals surface area contributed by atoms with E-state index in [1.807, 2.05) is 6.92 Å². The van der Waals surface area contributed by atoms with Gasteiger partial charge in [0.25, 0.3) is 10.0 Å². The van der Waals surface area contributed by atoms with Crippen molar-refractivity contribution in [2.75, 3.05) is 11.8 Å². The van der Waals surface area contributed by atoms with Crippen LogP contribution < -0.4 is 9.46 Å². The van der Waals surface area contributed by atoms with Gasteiger partial charge in [-0.2, -0.15) is 4.39 Å². The van der Waals surface area contributed by atoms with Crippen LogP contribution in [0.1, 0.15) is 18.1 Å². The molecule has 0 radical (unpaired) electrons. The largest absolute Gasteiger partial charge is 0.496 e. The van der Waals surface area contributed by atoms with Crippen molar-refractivity contribution in [2.45, 2.75) is 25.2 Å². The van der Waals surface area contributed by atoms with Gasteiger partial charge in [0.15, 0.2) is 0 Å². The number of nitrogens with zero attached hydrogens (tertiary/aromatic N) is 2. The molecule has 4 rings (SSSR count). The topological polar surface area (TPSA) is 81.2 Å². The van der Waals surface area contributed by atoms with Crippen LogP contribution in [0.25, 0.3) is 22.0 Å². The zero-order chi connectivity index (χ0) is 23.8. The number of fused-ring (bicyclic) bond motifs is 1. The summed E-state index contributed by atoms with van der Waals surface area (Å²) in [5.41, 5.74) is 2.57. The van der Waals surface area contributed by atoms with E-state index in [9.17, 15) is 12.8 Å². The first kappa shape index (κ1) is 22.6. The molecule has 9 heteroatoms. The molecule has 6 nitrogen and oxygen atoms in total. The normalized spacial score (nSPS) is 11.5. The third kappa shape index (κ3) is 4.36. The molecule has 0 fully saturated rings. The first-order chi connectivity index (χ1) is 15.7. The molecule has 0 unspecified atom stereocenters.